The van der Waals surface area contributed by atoms with Gasteiger partial charge in [-0.05, 0) is 31.4 Å². The van der Waals surface area contributed by atoms with Gasteiger partial charge >= 0.3 is 0 Å². The van der Waals surface area contributed by atoms with Gasteiger partial charge in [-0.2, -0.15) is 0 Å². The van der Waals surface area contributed by atoms with Gasteiger partial charge in [0.1, 0.15) is 12.1 Å². The number of hydrogen-bond acceptors (Lipinski definition) is 7. The highest BCUT2D eigenvalue weighted by molar-refractivity contribution is 7.92. The molecule has 1 saturated carbocycles. The second kappa shape index (κ2) is 8.78. The molecule has 2 heterocycles. The topological polar surface area (TPSA) is 113 Å². The van der Waals surface area contributed by atoms with Gasteiger partial charge in [0.2, 0.25) is 10.0 Å². The van der Waals surface area contributed by atoms with Crippen LogP contribution in [0.2, 0.25) is 10.0 Å². The molecule has 0 spiro atoms. The summed E-state index contributed by atoms with van der Waals surface area (Å²) in [4.78, 5) is 21.5. The third kappa shape index (κ3) is 4.87. The van der Waals surface area contributed by atoms with Crippen molar-refractivity contribution in [1.82, 2.24) is 9.97 Å². The molecule has 31 heavy (non-hydrogen) atoms. The SMILES string of the molecule is CCCS(=O)(=O)Nc1ccc(Cl)c(NC(=O)c2csc3c(NC4CC4)ncnc23)c1Cl. The van der Waals surface area contributed by atoms with E-state index in [1.165, 1.54) is 29.8 Å². The van der Waals surface area contributed by atoms with E-state index >= 15 is 0 Å². The van der Waals surface area contributed by atoms with E-state index < -0.39 is 15.9 Å². The van der Waals surface area contributed by atoms with E-state index in [9.17, 15) is 13.2 Å². The zero-order valence-corrected chi connectivity index (χ0v) is 19.6. The van der Waals surface area contributed by atoms with Crippen LogP contribution < -0.4 is 15.4 Å². The van der Waals surface area contributed by atoms with E-state index in [1.54, 1.807) is 12.3 Å². The van der Waals surface area contributed by atoms with Crippen LogP contribution in [0.3, 0.4) is 0 Å². The van der Waals surface area contributed by atoms with Gasteiger partial charge in [-0.1, -0.05) is 30.1 Å². The van der Waals surface area contributed by atoms with E-state index in [-0.39, 0.29) is 27.2 Å². The lowest BCUT2D eigenvalue weighted by molar-refractivity contribution is 0.102. The van der Waals surface area contributed by atoms with Gasteiger partial charge in [0.25, 0.3) is 5.91 Å². The highest BCUT2D eigenvalue weighted by Gasteiger charge is 2.25. The van der Waals surface area contributed by atoms with Gasteiger partial charge in [-0.3, -0.25) is 9.52 Å². The Morgan fingerprint density at radius 2 is 2.03 bits per heavy atom. The molecule has 0 bridgehead atoms. The molecule has 0 aliphatic heterocycles. The van der Waals surface area contributed by atoms with Crippen LogP contribution in [-0.2, 0) is 10.0 Å². The lowest BCUT2D eigenvalue weighted by atomic mass is 10.2. The summed E-state index contributed by atoms with van der Waals surface area (Å²) in [6, 6.07) is 3.34. The molecule has 3 aromatic rings. The first-order valence-corrected chi connectivity index (χ1v) is 12.9. The van der Waals surface area contributed by atoms with Crippen molar-refractivity contribution in [2.45, 2.75) is 32.2 Å². The number of carbonyl (C=O) groups excluding carboxylic acids is 1. The smallest absolute Gasteiger partial charge is 0.258 e. The molecule has 12 heteroatoms. The molecule has 3 N–H and O–H groups in total. The van der Waals surface area contributed by atoms with Crippen LogP contribution in [0.15, 0.2) is 23.8 Å². The number of anilines is 3. The number of halogens is 2. The Balaban J connectivity index is 1.62. The molecule has 1 aliphatic carbocycles. The third-order valence-corrected chi connectivity index (χ3v) is 7.74. The number of aromatic nitrogens is 2. The second-order valence-electron chi connectivity index (χ2n) is 7.13. The first-order chi connectivity index (χ1) is 14.8. The fraction of sp³-hybridized carbons (Fsp3) is 0.316. The molecule has 0 atom stereocenters. The summed E-state index contributed by atoms with van der Waals surface area (Å²) in [7, 11) is -3.56. The fourth-order valence-corrected chi connectivity index (χ4v) is 5.61. The number of fused-ring (bicyclic) bond motifs is 1. The normalized spacial score (nSPS) is 13.9. The largest absolute Gasteiger partial charge is 0.366 e. The van der Waals surface area contributed by atoms with Gasteiger partial charge in [-0.15, -0.1) is 11.3 Å². The molecule has 1 aromatic carbocycles. The Kier molecular flexibility index (Phi) is 6.25. The number of sulfonamides is 1. The monoisotopic (exact) mass is 499 g/mol. The summed E-state index contributed by atoms with van der Waals surface area (Å²) in [5.41, 5.74) is 1.14. The summed E-state index contributed by atoms with van der Waals surface area (Å²) in [5.74, 6) is 0.200. The number of hydrogen-bond donors (Lipinski definition) is 3. The van der Waals surface area contributed by atoms with Crippen molar-refractivity contribution >= 4 is 77.9 Å². The van der Waals surface area contributed by atoms with E-state index in [4.69, 9.17) is 23.2 Å². The predicted octanol–water partition coefficient (Wildman–Crippen LogP) is 4.98. The zero-order chi connectivity index (χ0) is 22.2. The summed E-state index contributed by atoms with van der Waals surface area (Å²) >= 11 is 14.0. The van der Waals surface area contributed by atoms with Crippen molar-refractivity contribution < 1.29 is 13.2 Å². The number of nitrogens with zero attached hydrogens (tertiary/aromatic N) is 2. The molecule has 0 saturated heterocycles. The number of thiophene rings is 1. The van der Waals surface area contributed by atoms with Crippen LogP contribution in [0.25, 0.3) is 10.2 Å². The Morgan fingerprint density at radius 3 is 2.74 bits per heavy atom. The maximum Gasteiger partial charge on any atom is 0.258 e. The van der Waals surface area contributed by atoms with Crippen molar-refractivity contribution in [2.24, 2.45) is 0 Å². The number of amides is 1. The summed E-state index contributed by atoms with van der Waals surface area (Å²) in [5, 5.41) is 7.92. The van der Waals surface area contributed by atoms with E-state index in [2.05, 4.69) is 25.3 Å². The van der Waals surface area contributed by atoms with Crippen molar-refractivity contribution in [3.63, 3.8) is 0 Å². The van der Waals surface area contributed by atoms with E-state index in [0.717, 1.165) is 17.5 Å². The van der Waals surface area contributed by atoms with Crippen LogP contribution in [-0.4, -0.2) is 36.1 Å². The molecular weight excluding hydrogens is 481 g/mol. The summed E-state index contributed by atoms with van der Waals surface area (Å²) in [6.45, 7) is 1.76. The van der Waals surface area contributed by atoms with Crippen LogP contribution in [0, 0.1) is 0 Å². The number of nitrogens with one attached hydrogen (secondary N) is 3. The van der Waals surface area contributed by atoms with Crippen LogP contribution in [0.5, 0.6) is 0 Å². The van der Waals surface area contributed by atoms with Crippen molar-refractivity contribution in [3.8, 4) is 0 Å². The minimum Gasteiger partial charge on any atom is -0.366 e. The van der Waals surface area contributed by atoms with Crippen molar-refractivity contribution in [1.29, 1.82) is 0 Å². The molecule has 8 nitrogen and oxygen atoms in total. The maximum atomic E-state index is 13.0. The molecule has 164 valence electrons. The average Bonchev–Trinajstić information content (AvgIpc) is 3.42. The van der Waals surface area contributed by atoms with Gasteiger partial charge in [0.15, 0.2) is 0 Å². The fourth-order valence-electron chi connectivity index (χ4n) is 2.95. The molecule has 0 unspecified atom stereocenters. The zero-order valence-electron chi connectivity index (χ0n) is 16.4. The average molecular weight is 500 g/mol. The van der Waals surface area contributed by atoms with Crippen LogP contribution in [0.1, 0.15) is 36.5 Å². The summed E-state index contributed by atoms with van der Waals surface area (Å²) in [6.07, 6.45) is 4.06. The van der Waals surface area contributed by atoms with Crippen LogP contribution in [0.4, 0.5) is 17.2 Å². The minimum absolute atomic E-state index is 0.00535. The number of carbonyl (C=O) groups is 1. The van der Waals surface area contributed by atoms with Gasteiger partial charge < -0.3 is 10.6 Å². The van der Waals surface area contributed by atoms with Gasteiger partial charge in [0.05, 0.1) is 43.0 Å². The minimum atomic E-state index is -3.56. The molecule has 4 rings (SSSR count). The molecule has 1 fully saturated rings. The Hall–Kier alpha value is -2.14. The van der Waals surface area contributed by atoms with E-state index in [1.807, 2.05) is 0 Å². The Bertz CT molecular complexity index is 1260. The summed E-state index contributed by atoms with van der Waals surface area (Å²) < 4.78 is 27.4. The standard InChI is InChI=1S/C19H19Cl2N5O3S2/c1-2-7-31(28,29)26-13-6-5-12(20)16(14(13)21)25-19(27)11-8-30-17-15(11)22-9-23-18(17)24-10-3-4-10/h5-6,8-10,26H,2-4,7H2,1H3,(H,25,27)(H,22,23,24). The van der Waals surface area contributed by atoms with Crippen molar-refractivity contribution in [2.75, 3.05) is 21.1 Å². The highest BCUT2D eigenvalue weighted by Crippen LogP contribution is 2.38. The predicted molar refractivity (Wildman–Crippen MR) is 126 cm³/mol. The lowest BCUT2D eigenvalue weighted by Crippen LogP contribution is -2.17. The molecule has 1 amide bonds. The number of rotatable bonds is 8. The second-order valence-corrected chi connectivity index (χ2v) is 10.6. The van der Waals surface area contributed by atoms with E-state index in [0.29, 0.717) is 29.4 Å². The first kappa shape index (κ1) is 22.1. The molecule has 2 aromatic heterocycles. The van der Waals surface area contributed by atoms with Gasteiger partial charge in [0, 0.05) is 11.4 Å². The van der Waals surface area contributed by atoms with Gasteiger partial charge in [-0.25, -0.2) is 18.4 Å². The number of benzene rings is 1. The molecule has 0 radical (unpaired) electrons. The first-order valence-electron chi connectivity index (χ1n) is 9.57. The highest BCUT2D eigenvalue weighted by atomic mass is 35.5. The maximum absolute atomic E-state index is 13.0. The Morgan fingerprint density at radius 1 is 1.26 bits per heavy atom. The van der Waals surface area contributed by atoms with Crippen molar-refractivity contribution in [3.05, 3.63) is 39.4 Å². The van der Waals surface area contributed by atoms with Crippen LogP contribution >= 0.6 is 34.5 Å². The Labute approximate surface area is 193 Å². The third-order valence-electron chi connectivity index (χ3n) is 4.58. The molecular formula is C19H19Cl2N5O3S2. The quantitative estimate of drug-likeness (QED) is 0.402. The molecule has 1 aliphatic rings. The lowest BCUT2D eigenvalue weighted by Gasteiger charge is -2.14.